The summed E-state index contributed by atoms with van der Waals surface area (Å²) in [7, 11) is 0. The van der Waals surface area contributed by atoms with Gasteiger partial charge in [0.15, 0.2) is 5.69 Å². The molecule has 4 saturated heterocycles. The molecule has 1 unspecified atom stereocenters. The van der Waals surface area contributed by atoms with Gasteiger partial charge in [-0.25, -0.2) is 4.39 Å². The standard InChI is InChI=1S/C42H46FN9O3/c43-34-7-8-36(40-39(34)35(24-44)46-47-40)51-17-13-29(14-18-51)28-1-3-31(4-2-28)49-15-11-27(12-16-49)25-48-19-21-50(22-20-48)32-5-6-33-30(23-32)26-52(42(33)55)37-9-10-38(53)45-41(37)54/h1-8,23,27,29,37H,9-22,25-26H2,(H,46,47)(H,45,53,54). The average Bonchev–Trinajstić information content (AvgIpc) is 3.80. The van der Waals surface area contributed by atoms with Crippen molar-refractivity contribution in [2.45, 2.75) is 57.0 Å². The molecule has 6 heterocycles. The fraction of sp³-hybridized carbons (Fsp3) is 0.452. The van der Waals surface area contributed by atoms with Gasteiger partial charge in [-0.1, -0.05) is 12.1 Å². The second kappa shape index (κ2) is 14.6. The maximum Gasteiger partial charge on any atom is 0.255 e. The van der Waals surface area contributed by atoms with Gasteiger partial charge in [0.2, 0.25) is 11.8 Å². The van der Waals surface area contributed by atoms with E-state index in [1.807, 2.05) is 18.2 Å². The number of piperazine rings is 1. The van der Waals surface area contributed by atoms with Crippen LogP contribution in [0, 0.1) is 23.1 Å². The Morgan fingerprint density at radius 2 is 1.51 bits per heavy atom. The van der Waals surface area contributed by atoms with Crippen LogP contribution in [-0.4, -0.2) is 103 Å². The normalized spacial score (nSPS) is 21.7. The molecule has 12 nitrogen and oxygen atoms in total. The van der Waals surface area contributed by atoms with Crippen LogP contribution in [0.4, 0.5) is 21.5 Å². The summed E-state index contributed by atoms with van der Waals surface area (Å²) in [5, 5.41) is 18.9. The van der Waals surface area contributed by atoms with E-state index in [4.69, 9.17) is 0 Å². The summed E-state index contributed by atoms with van der Waals surface area (Å²) < 4.78 is 14.5. The fourth-order valence-electron chi connectivity index (χ4n) is 9.52. The minimum atomic E-state index is -0.592. The quantitative estimate of drug-likeness (QED) is 0.258. The molecule has 5 aliphatic rings. The van der Waals surface area contributed by atoms with E-state index in [1.165, 1.54) is 30.2 Å². The third-order valence-corrected chi connectivity index (χ3v) is 12.7. The molecule has 1 atom stereocenters. The molecule has 2 N–H and O–H groups in total. The third kappa shape index (κ3) is 6.77. The number of carbonyl (C=O) groups is 3. The zero-order valence-corrected chi connectivity index (χ0v) is 31.0. The SMILES string of the molecule is N#Cc1n[nH]c2c(N3CCC(c4ccc(N5CCC(CN6CCN(c7ccc8c(c7)CN(C7CCC(=O)NC7=O)C8=O)CC6)CC5)cc4)CC3)ccc(F)c12. The summed E-state index contributed by atoms with van der Waals surface area (Å²) in [4.78, 5) is 48.6. The van der Waals surface area contributed by atoms with E-state index in [1.54, 1.807) is 11.0 Å². The van der Waals surface area contributed by atoms with E-state index in [0.717, 1.165) is 88.7 Å². The van der Waals surface area contributed by atoms with Crippen molar-refractivity contribution in [1.82, 2.24) is 25.3 Å². The Kier molecular flexibility index (Phi) is 9.38. The van der Waals surface area contributed by atoms with E-state index in [2.05, 4.69) is 65.4 Å². The molecule has 1 aromatic heterocycles. The number of hydrogen-bond acceptors (Lipinski definition) is 9. The minimum absolute atomic E-state index is 0.0984. The molecule has 13 heteroatoms. The van der Waals surface area contributed by atoms with Gasteiger partial charge in [0.1, 0.15) is 17.9 Å². The van der Waals surface area contributed by atoms with Gasteiger partial charge >= 0.3 is 0 Å². The predicted molar refractivity (Wildman–Crippen MR) is 207 cm³/mol. The zero-order valence-electron chi connectivity index (χ0n) is 31.0. The van der Waals surface area contributed by atoms with Crippen LogP contribution in [0.5, 0.6) is 0 Å². The number of halogens is 1. The van der Waals surface area contributed by atoms with E-state index in [9.17, 15) is 24.0 Å². The number of amides is 3. The fourth-order valence-corrected chi connectivity index (χ4v) is 9.52. The number of aromatic amines is 1. The molecule has 0 radical (unpaired) electrons. The Hall–Kier alpha value is -5.48. The molecule has 284 valence electrons. The lowest BCUT2D eigenvalue weighted by Crippen LogP contribution is -2.52. The average molecular weight is 744 g/mol. The highest BCUT2D eigenvalue weighted by Crippen LogP contribution is 2.36. The summed E-state index contributed by atoms with van der Waals surface area (Å²) in [5.41, 5.74) is 7.00. The molecule has 0 aliphatic carbocycles. The molecule has 3 aromatic carbocycles. The van der Waals surface area contributed by atoms with Crippen LogP contribution in [0.2, 0.25) is 0 Å². The van der Waals surface area contributed by atoms with Crippen molar-refractivity contribution >= 4 is 45.7 Å². The Morgan fingerprint density at radius 3 is 2.24 bits per heavy atom. The number of piperidine rings is 3. The van der Waals surface area contributed by atoms with Crippen molar-refractivity contribution in [2.24, 2.45) is 5.92 Å². The first-order chi connectivity index (χ1) is 26.8. The molecular formula is C42H46FN9O3. The van der Waals surface area contributed by atoms with E-state index in [-0.39, 0.29) is 35.2 Å². The van der Waals surface area contributed by atoms with E-state index >= 15 is 0 Å². The van der Waals surface area contributed by atoms with Crippen LogP contribution >= 0.6 is 0 Å². The number of imide groups is 1. The number of fused-ring (bicyclic) bond motifs is 2. The van der Waals surface area contributed by atoms with Crippen LogP contribution in [-0.2, 0) is 16.1 Å². The highest BCUT2D eigenvalue weighted by Gasteiger charge is 2.39. The number of nitriles is 1. The third-order valence-electron chi connectivity index (χ3n) is 12.7. The molecular weight excluding hydrogens is 698 g/mol. The number of hydrogen-bond donors (Lipinski definition) is 2. The van der Waals surface area contributed by atoms with Gasteiger partial charge in [-0.3, -0.25) is 29.7 Å². The van der Waals surface area contributed by atoms with Crippen molar-refractivity contribution in [3.63, 3.8) is 0 Å². The first-order valence-electron chi connectivity index (χ1n) is 19.7. The summed E-state index contributed by atoms with van der Waals surface area (Å²) >= 11 is 0. The predicted octanol–water partition coefficient (Wildman–Crippen LogP) is 4.76. The number of nitrogens with zero attached hydrogens (tertiary/aromatic N) is 7. The Balaban J connectivity index is 0.724. The largest absolute Gasteiger partial charge is 0.372 e. The van der Waals surface area contributed by atoms with Gasteiger partial charge in [-0.05, 0) is 97.5 Å². The summed E-state index contributed by atoms with van der Waals surface area (Å²) in [6.07, 6.45) is 5.03. The van der Waals surface area contributed by atoms with Gasteiger partial charge in [-0.2, -0.15) is 10.4 Å². The number of H-pyrrole nitrogens is 1. The lowest BCUT2D eigenvalue weighted by atomic mass is 9.89. The molecule has 4 fully saturated rings. The van der Waals surface area contributed by atoms with Crippen LogP contribution in [0.1, 0.15) is 71.6 Å². The van der Waals surface area contributed by atoms with Crippen molar-refractivity contribution < 1.29 is 18.8 Å². The second-order valence-electron chi connectivity index (χ2n) is 15.8. The molecule has 4 aromatic rings. The number of anilines is 3. The summed E-state index contributed by atoms with van der Waals surface area (Å²) in [5.74, 6) is -0.0334. The van der Waals surface area contributed by atoms with Gasteiger partial charge < -0.3 is 19.6 Å². The van der Waals surface area contributed by atoms with Crippen LogP contribution < -0.4 is 20.0 Å². The molecule has 55 heavy (non-hydrogen) atoms. The maximum absolute atomic E-state index is 14.5. The number of benzene rings is 3. The number of nitrogens with one attached hydrogen (secondary N) is 2. The first kappa shape index (κ1) is 35.2. The highest BCUT2D eigenvalue weighted by molar-refractivity contribution is 6.05. The monoisotopic (exact) mass is 743 g/mol. The number of carbonyl (C=O) groups excluding carboxylic acids is 3. The van der Waals surface area contributed by atoms with Crippen LogP contribution in [0.25, 0.3) is 10.9 Å². The molecule has 0 saturated carbocycles. The van der Waals surface area contributed by atoms with Crippen LogP contribution in [0.3, 0.4) is 0 Å². The molecule has 0 bridgehead atoms. The maximum atomic E-state index is 14.5. The minimum Gasteiger partial charge on any atom is -0.372 e. The van der Waals surface area contributed by atoms with Gasteiger partial charge in [0.25, 0.3) is 5.91 Å². The van der Waals surface area contributed by atoms with Gasteiger partial charge in [0.05, 0.1) is 16.6 Å². The lowest BCUT2D eigenvalue weighted by molar-refractivity contribution is -0.136. The van der Waals surface area contributed by atoms with Gasteiger partial charge in [0, 0.05) is 88.8 Å². The lowest BCUT2D eigenvalue weighted by Gasteiger charge is -2.40. The summed E-state index contributed by atoms with van der Waals surface area (Å²) in [6, 6.07) is 19.9. The molecule has 9 rings (SSSR count). The topological polar surface area (TPSA) is 132 Å². The number of aromatic nitrogens is 2. The Labute approximate surface area is 319 Å². The second-order valence-corrected chi connectivity index (χ2v) is 15.8. The molecule has 5 aliphatic heterocycles. The highest BCUT2D eigenvalue weighted by atomic mass is 19.1. The van der Waals surface area contributed by atoms with Crippen molar-refractivity contribution in [3.8, 4) is 6.07 Å². The molecule has 3 amide bonds. The zero-order chi connectivity index (χ0) is 37.6. The van der Waals surface area contributed by atoms with Crippen molar-refractivity contribution in [1.29, 1.82) is 5.26 Å². The van der Waals surface area contributed by atoms with Crippen molar-refractivity contribution in [3.05, 3.63) is 82.8 Å². The van der Waals surface area contributed by atoms with E-state index in [0.29, 0.717) is 35.9 Å². The van der Waals surface area contributed by atoms with E-state index < -0.39 is 11.9 Å². The number of rotatable bonds is 7. The molecule has 0 spiro atoms. The van der Waals surface area contributed by atoms with Crippen LogP contribution in [0.15, 0.2) is 54.6 Å². The first-order valence-corrected chi connectivity index (χ1v) is 19.7. The van der Waals surface area contributed by atoms with Gasteiger partial charge in [-0.15, -0.1) is 0 Å². The smallest absolute Gasteiger partial charge is 0.255 e. The summed E-state index contributed by atoms with van der Waals surface area (Å²) in [6.45, 7) is 9.30. The van der Waals surface area contributed by atoms with Crippen molar-refractivity contribution in [2.75, 3.05) is 73.6 Å². The Bertz CT molecular complexity index is 2160. The Morgan fingerprint density at radius 1 is 0.800 bits per heavy atom.